The van der Waals surface area contributed by atoms with Crippen molar-refractivity contribution in [2.45, 2.75) is 26.7 Å². The molecule has 2 nitrogen and oxygen atoms in total. The van der Waals surface area contributed by atoms with Crippen LogP contribution in [0.5, 0.6) is 0 Å². The predicted octanol–water partition coefficient (Wildman–Crippen LogP) is 3.82. The van der Waals surface area contributed by atoms with Crippen molar-refractivity contribution in [2.24, 2.45) is 22.8 Å². The van der Waals surface area contributed by atoms with Crippen molar-refractivity contribution in [3.8, 4) is 0 Å². The second-order valence-electron chi connectivity index (χ2n) is 6.01. The third kappa shape index (κ3) is 3.32. The van der Waals surface area contributed by atoms with Crippen LogP contribution in [0.15, 0.2) is 60.0 Å². The smallest absolute Gasteiger partial charge is 0.0319 e. The lowest BCUT2D eigenvalue weighted by molar-refractivity contribution is 0.353. The van der Waals surface area contributed by atoms with Crippen LogP contribution < -0.4 is 11.5 Å². The van der Waals surface area contributed by atoms with Gasteiger partial charge in [-0.2, -0.15) is 0 Å². The first kappa shape index (κ1) is 14.4. The van der Waals surface area contributed by atoms with Crippen LogP contribution in [0, 0.1) is 11.3 Å². The predicted molar refractivity (Wildman–Crippen MR) is 86.5 cm³/mol. The average Bonchev–Trinajstić information content (AvgIpc) is 2.41. The van der Waals surface area contributed by atoms with Crippen LogP contribution in [0.3, 0.4) is 0 Å². The van der Waals surface area contributed by atoms with Crippen LogP contribution in [0.1, 0.15) is 32.3 Å². The Bertz CT molecular complexity index is 538. The van der Waals surface area contributed by atoms with Crippen molar-refractivity contribution >= 4 is 6.08 Å². The molecule has 0 amide bonds. The van der Waals surface area contributed by atoms with E-state index in [-0.39, 0.29) is 5.41 Å². The van der Waals surface area contributed by atoms with Gasteiger partial charge < -0.3 is 11.5 Å². The van der Waals surface area contributed by atoms with Crippen LogP contribution in [0.4, 0.5) is 0 Å². The number of rotatable bonds is 4. The first-order chi connectivity index (χ1) is 9.52. The van der Waals surface area contributed by atoms with Crippen molar-refractivity contribution in [3.05, 3.63) is 65.5 Å². The van der Waals surface area contributed by atoms with E-state index in [1.807, 2.05) is 24.3 Å². The molecule has 0 spiro atoms. The van der Waals surface area contributed by atoms with Gasteiger partial charge >= 0.3 is 0 Å². The summed E-state index contributed by atoms with van der Waals surface area (Å²) in [6.45, 7) is 4.46. The summed E-state index contributed by atoms with van der Waals surface area (Å²) < 4.78 is 0. The van der Waals surface area contributed by atoms with Gasteiger partial charge in [-0.3, -0.25) is 0 Å². The largest absolute Gasteiger partial charge is 0.401 e. The molecule has 2 heteroatoms. The number of allylic oxidation sites excluding steroid dienone is 3. The van der Waals surface area contributed by atoms with Gasteiger partial charge in [0.15, 0.2) is 0 Å². The van der Waals surface area contributed by atoms with Crippen molar-refractivity contribution < 1.29 is 0 Å². The molecular formula is C18H24N2. The van der Waals surface area contributed by atoms with Crippen LogP contribution in [0.25, 0.3) is 6.08 Å². The topological polar surface area (TPSA) is 52.0 Å². The van der Waals surface area contributed by atoms with Crippen LogP contribution >= 0.6 is 0 Å². The molecule has 0 aromatic heterocycles. The van der Waals surface area contributed by atoms with Crippen molar-refractivity contribution in [1.82, 2.24) is 0 Å². The lowest BCUT2D eigenvalue weighted by Gasteiger charge is -2.34. The van der Waals surface area contributed by atoms with E-state index in [2.05, 4.69) is 44.2 Å². The first-order valence-corrected chi connectivity index (χ1v) is 7.19. The lowest BCUT2D eigenvalue weighted by atomic mass is 9.72. The molecule has 1 aromatic rings. The zero-order chi connectivity index (χ0) is 14.6. The SMILES string of the molecule is CC(C)CC1(C=Cc2ccccc2)CC=C(N)C=C1N. The van der Waals surface area contributed by atoms with E-state index in [1.165, 1.54) is 5.56 Å². The monoisotopic (exact) mass is 268 g/mol. The van der Waals surface area contributed by atoms with E-state index in [4.69, 9.17) is 11.5 Å². The molecule has 106 valence electrons. The molecule has 1 aliphatic rings. The summed E-state index contributed by atoms with van der Waals surface area (Å²) in [7, 11) is 0. The molecule has 1 aliphatic carbocycles. The van der Waals surface area contributed by atoms with E-state index in [1.54, 1.807) is 0 Å². The molecule has 0 heterocycles. The van der Waals surface area contributed by atoms with Gasteiger partial charge in [0.2, 0.25) is 0 Å². The van der Waals surface area contributed by atoms with Crippen molar-refractivity contribution in [1.29, 1.82) is 0 Å². The van der Waals surface area contributed by atoms with Crippen LogP contribution in [-0.4, -0.2) is 0 Å². The average molecular weight is 268 g/mol. The van der Waals surface area contributed by atoms with Gasteiger partial charge in [0.05, 0.1) is 0 Å². The third-order valence-electron chi connectivity index (χ3n) is 3.77. The molecule has 1 unspecified atom stereocenters. The summed E-state index contributed by atoms with van der Waals surface area (Å²) >= 11 is 0. The minimum Gasteiger partial charge on any atom is -0.401 e. The van der Waals surface area contributed by atoms with E-state index in [0.717, 1.165) is 24.2 Å². The van der Waals surface area contributed by atoms with Crippen LogP contribution in [0.2, 0.25) is 0 Å². The Morgan fingerprint density at radius 2 is 1.90 bits per heavy atom. The molecule has 0 fully saturated rings. The summed E-state index contributed by atoms with van der Waals surface area (Å²) in [6, 6.07) is 10.3. The molecule has 0 saturated heterocycles. The first-order valence-electron chi connectivity index (χ1n) is 7.19. The Hall–Kier alpha value is -1.96. The van der Waals surface area contributed by atoms with Gasteiger partial charge in [-0.1, -0.05) is 62.4 Å². The van der Waals surface area contributed by atoms with E-state index in [9.17, 15) is 0 Å². The summed E-state index contributed by atoms with van der Waals surface area (Å²) in [4.78, 5) is 0. The van der Waals surface area contributed by atoms with Gasteiger partial charge in [0, 0.05) is 16.8 Å². The maximum atomic E-state index is 6.31. The molecule has 4 N–H and O–H groups in total. The Labute approximate surface area is 121 Å². The number of hydrogen-bond donors (Lipinski definition) is 2. The zero-order valence-electron chi connectivity index (χ0n) is 12.3. The van der Waals surface area contributed by atoms with Crippen molar-refractivity contribution in [2.75, 3.05) is 0 Å². The van der Waals surface area contributed by atoms with E-state index < -0.39 is 0 Å². The Kier molecular flexibility index (Phi) is 4.33. The van der Waals surface area contributed by atoms with Gasteiger partial charge in [-0.25, -0.2) is 0 Å². The number of benzene rings is 1. The Balaban J connectivity index is 2.30. The lowest BCUT2D eigenvalue weighted by Crippen LogP contribution is -2.30. The summed E-state index contributed by atoms with van der Waals surface area (Å²) in [5.74, 6) is 0.579. The minimum absolute atomic E-state index is 0.104. The van der Waals surface area contributed by atoms with Crippen LogP contribution in [-0.2, 0) is 0 Å². The van der Waals surface area contributed by atoms with Gasteiger partial charge in [0.1, 0.15) is 0 Å². The minimum atomic E-state index is -0.104. The standard InChI is InChI=1S/C18H24N2/c1-14(2)13-18(11-9-16(19)12-17(18)20)10-8-15-6-4-3-5-7-15/h3-10,12,14H,11,13,19-20H2,1-2H3. The highest BCUT2D eigenvalue weighted by atomic mass is 14.7. The Morgan fingerprint density at radius 3 is 2.50 bits per heavy atom. The van der Waals surface area contributed by atoms with Crippen molar-refractivity contribution in [3.63, 3.8) is 0 Å². The molecule has 2 rings (SSSR count). The molecule has 0 radical (unpaired) electrons. The maximum Gasteiger partial charge on any atom is 0.0319 e. The highest BCUT2D eigenvalue weighted by Crippen LogP contribution is 2.41. The molecule has 0 saturated carbocycles. The molecule has 1 atom stereocenters. The van der Waals surface area contributed by atoms with E-state index >= 15 is 0 Å². The quantitative estimate of drug-likeness (QED) is 0.872. The summed E-state index contributed by atoms with van der Waals surface area (Å²) in [5.41, 5.74) is 14.9. The maximum absolute atomic E-state index is 6.31. The highest BCUT2D eigenvalue weighted by molar-refractivity contribution is 5.52. The second kappa shape index (κ2) is 6.00. The Morgan fingerprint density at radius 1 is 1.20 bits per heavy atom. The van der Waals surface area contributed by atoms with Gasteiger partial charge in [-0.05, 0) is 30.4 Å². The molecule has 1 aromatic carbocycles. The molecule has 0 bridgehead atoms. The number of hydrogen-bond acceptors (Lipinski definition) is 2. The zero-order valence-corrected chi connectivity index (χ0v) is 12.3. The molecule has 0 aliphatic heterocycles. The number of nitrogens with two attached hydrogens (primary N) is 2. The molecule has 20 heavy (non-hydrogen) atoms. The summed E-state index contributed by atoms with van der Waals surface area (Å²) in [5, 5.41) is 0. The fourth-order valence-electron chi connectivity index (χ4n) is 2.78. The van der Waals surface area contributed by atoms with E-state index in [0.29, 0.717) is 5.92 Å². The second-order valence-corrected chi connectivity index (χ2v) is 6.01. The normalized spacial score (nSPS) is 22.9. The highest BCUT2D eigenvalue weighted by Gasteiger charge is 2.32. The summed E-state index contributed by atoms with van der Waals surface area (Å²) in [6.07, 6.45) is 10.3. The third-order valence-corrected chi connectivity index (χ3v) is 3.77. The van der Waals surface area contributed by atoms with Gasteiger partial charge in [0.25, 0.3) is 0 Å². The fourth-order valence-corrected chi connectivity index (χ4v) is 2.78. The van der Waals surface area contributed by atoms with Gasteiger partial charge in [-0.15, -0.1) is 0 Å². The fraction of sp³-hybridized carbons (Fsp3) is 0.333. The molecular weight excluding hydrogens is 244 g/mol.